The Morgan fingerprint density at radius 3 is 2.43 bits per heavy atom. The maximum atomic E-state index is 12.6. The van der Waals surface area contributed by atoms with Crippen LogP contribution in [0.25, 0.3) is 0 Å². The Morgan fingerprint density at radius 2 is 1.76 bits per heavy atom. The van der Waals surface area contributed by atoms with E-state index >= 15 is 0 Å². The van der Waals surface area contributed by atoms with Gasteiger partial charge >= 0.3 is 0 Å². The molecule has 3 nitrogen and oxygen atoms in total. The molecule has 1 aromatic carbocycles. The summed E-state index contributed by atoms with van der Waals surface area (Å²) in [5, 5.41) is 0. The fourth-order valence-electron chi connectivity index (χ4n) is 2.19. The number of thiophene rings is 1. The normalized spacial score (nSPS) is 14.0. The average Bonchev–Trinajstić information content (AvgIpc) is 2.96. The van der Waals surface area contributed by atoms with Gasteiger partial charge in [-0.25, -0.2) is 0 Å². The highest BCUT2D eigenvalue weighted by Crippen LogP contribution is 2.34. The minimum atomic E-state index is 0.0347. The molecular formula is C17H18O3S. The molecule has 2 heterocycles. The van der Waals surface area contributed by atoms with E-state index in [1.807, 2.05) is 12.1 Å². The molecule has 2 aromatic rings. The number of hydrogen-bond donors (Lipinski definition) is 0. The number of fused-ring (bicyclic) bond motifs is 1. The van der Waals surface area contributed by atoms with Gasteiger partial charge in [-0.3, -0.25) is 4.79 Å². The predicted molar refractivity (Wildman–Crippen MR) is 83.9 cm³/mol. The molecule has 4 heteroatoms. The SMILES string of the molecule is CC(C)(C)c1ccc(C(=O)c2ccc3c(c2)OCCO3)s1. The van der Waals surface area contributed by atoms with Crippen LogP contribution in [0.3, 0.4) is 0 Å². The lowest BCUT2D eigenvalue weighted by molar-refractivity contribution is 0.104. The zero-order chi connectivity index (χ0) is 15.0. The lowest BCUT2D eigenvalue weighted by Gasteiger charge is -2.18. The Labute approximate surface area is 128 Å². The van der Waals surface area contributed by atoms with Crippen molar-refractivity contribution < 1.29 is 14.3 Å². The van der Waals surface area contributed by atoms with Crippen molar-refractivity contribution in [3.8, 4) is 11.5 Å². The van der Waals surface area contributed by atoms with Crippen LogP contribution in [0, 0.1) is 0 Å². The summed E-state index contributed by atoms with van der Waals surface area (Å²) in [5.74, 6) is 1.39. The lowest BCUT2D eigenvalue weighted by atomic mass is 9.95. The minimum Gasteiger partial charge on any atom is -0.486 e. The van der Waals surface area contributed by atoms with Crippen LogP contribution in [0.1, 0.15) is 40.9 Å². The Balaban J connectivity index is 1.90. The lowest BCUT2D eigenvalue weighted by Crippen LogP contribution is -2.15. The highest BCUT2D eigenvalue weighted by Gasteiger charge is 2.20. The first-order valence-corrected chi connectivity index (χ1v) is 7.81. The van der Waals surface area contributed by atoms with Gasteiger partial charge in [-0.2, -0.15) is 0 Å². The van der Waals surface area contributed by atoms with Crippen LogP contribution in [-0.4, -0.2) is 19.0 Å². The predicted octanol–water partition coefficient (Wildman–Crippen LogP) is 4.05. The summed E-state index contributed by atoms with van der Waals surface area (Å²) in [7, 11) is 0. The molecule has 21 heavy (non-hydrogen) atoms. The smallest absolute Gasteiger partial charge is 0.203 e. The van der Waals surface area contributed by atoms with E-state index in [0.29, 0.717) is 30.3 Å². The van der Waals surface area contributed by atoms with Crippen LogP contribution in [0.5, 0.6) is 11.5 Å². The molecule has 0 saturated heterocycles. The zero-order valence-corrected chi connectivity index (χ0v) is 13.3. The Bertz CT molecular complexity index is 680. The molecule has 0 spiro atoms. The maximum Gasteiger partial charge on any atom is 0.203 e. The standard InChI is InChI=1S/C17H18O3S/c1-17(2,3)15-7-6-14(21-15)16(18)11-4-5-12-13(10-11)20-9-8-19-12/h4-7,10H,8-9H2,1-3H3. The van der Waals surface area contributed by atoms with Crippen LogP contribution >= 0.6 is 11.3 Å². The fraction of sp³-hybridized carbons (Fsp3) is 0.353. The van der Waals surface area contributed by atoms with Gasteiger partial charge in [0.05, 0.1) is 4.88 Å². The monoisotopic (exact) mass is 302 g/mol. The van der Waals surface area contributed by atoms with E-state index in [4.69, 9.17) is 9.47 Å². The molecule has 0 unspecified atom stereocenters. The van der Waals surface area contributed by atoms with Crippen molar-refractivity contribution in [2.45, 2.75) is 26.2 Å². The summed E-state index contributed by atoms with van der Waals surface area (Å²) in [6.45, 7) is 7.53. The Morgan fingerprint density at radius 1 is 1.05 bits per heavy atom. The molecule has 1 aromatic heterocycles. The summed E-state index contributed by atoms with van der Waals surface area (Å²) in [6.07, 6.45) is 0. The third kappa shape index (κ3) is 2.81. The second-order valence-electron chi connectivity index (χ2n) is 6.10. The second kappa shape index (κ2) is 5.19. The minimum absolute atomic E-state index is 0.0347. The number of ether oxygens (including phenoxy) is 2. The fourth-order valence-corrected chi connectivity index (χ4v) is 3.22. The summed E-state index contributed by atoms with van der Waals surface area (Å²) in [5.41, 5.74) is 0.706. The number of rotatable bonds is 2. The van der Waals surface area contributed by atoms with E-state index in [2.05, 4.69) is 20.8 Å². The summed E-state index contributed by atoms with van der Waals surface area (Å²) in [4.78, 5) is 14.6. The largest absolute Gasteiger partial charge is 0.486 e. The van der Waals surface area contributed by atoms with Crippen molar-refractivity contribution in [1.29, 1.82) is 0 Å². The van der Waals surface area contributed by atoms with Gasteiger partial charge in [0.25, 0.3) is 0 Å². The third-order valence-corrected chi connectivity index (χ3v) is 4.88. The van der Waals surface area contributed by atoms with Gasteiger partial charge < -0.3 is 9.47 Å². The van der Waals surface area contributed by atoms with Crippen molar-refractivity contribution >= 4 is 17.1 Å². The van der Waals surface area contributed by atoms with Gasteiger partial charge in [-0.05, 0) is 35.7 Å². The highest BCUT2D eigenvalue weighted by molar-refractivity contribution is 7.14. The van der Waals surface area contributed by atoms with Gasteiger partial charge in [0.15, 0.2) is 11.5 Å². The summed E-state index contributed by atoms with van der Waals surface area (Å²) in [6, 6.07) is 9.32. The second-order valence-corrected chi connectivity index (χ2v) is 7.19. The van der Waals surface area contributed by atoms with Crippen molar-refractivity contribution in [2.75, 3.05) is 13.2 Å². The molecule has 110 valence electrons. The number of hydrogen-bond acceptors (Lipinski definition) is 4. The molecular weight excluding hydrogens is 284 g/mol. The number of benzene rings is 1. The van der Waals surface area contributed by atoms with Gasteiger partial charge in [-0.15, -0.1) is 11.3 Å². The van der Waals surface area contributed by atoms with Crippen molar-refractivity contribution in [1.82, 2.24) is 0 Å². The first kappa shape index (κ1) is 14.1. The number of carbonyl (C=O) groups is 1. The van der Waals surface area contributed by atoms with Gasteiger partial charge in [0, 0.05) is 10.4 Å². The van der Waals surface area contributed by atoms with Gasteiger partial charge in [0.1, 0.15) is 13.2 Å². The molecule has 3 rings (SSSR count). The molecule has 1 aliphatic rings. The quantitative estimate of drug-likeness (QED) is 0.785. The average molecular weight is 302 g/mol. The van der Waals surface area contributed by atoms with Crippen LogP contribution in [-0.2, 0) is 5.41 Å². The van der Waals surface area contributed by atoms with E-state index in [9.17, 15) is 4.79 Å². The number of carbonyl (C=O) groups excluding carboxylic acids is 1. The molecule has 0 saturated carbocycles. The van der Waals surface area contributed by atoms with Crippen molar-refractivity contribution in [3.05, 3.63) is 45.6 Å². The molecule has 0 fully saturated rings. The van der Waals surface area contributed by atoms with Gasteiger partial charge in [-0.1, -0.05) is 20.8 Å². The maximum absolute atomic E-state index is 12.6. The van der Waals surface area contributed by atoms with E-state index in [1.54, 1.807) is 29.5 Å². The van der Waals surface area contributed by atoms with E-state index in [0.717, 1.165) is 4.88 Å². The van der Waals surface area contributed by atoms with Crippen molar-refractivity contribution in [2.24, 2.45) is 0 Å². The molecule has 0 radical (unpaired) electrons. The van der Waals surface area contributed by atoms with E-state index < -0.39 is 0 Å². The first-order valence-electron chi connectivity index (χ1n) is 7.00. The van der Waals surface area contributed by atoms with E-state index in [1.165, 1.54) is 4.88 Å². The molecule has 0 aliphatic carbocycles. The summed E-state index contributed by atoms with van der Waals surface area (Å²) < 4.78 is 11.0. The highest BCUT2D eigenvalue weighted by atomic mass is 32.1. The van der Waals surface area contributed by atoms with Gasteiger partial charge in [0.2, 0.25) is 5.78 Å². The molecule has 1 aliphatic heterocycles. The molecule has 0 amide bonds. The number of ketones is 1. The third-order valence-electron chi connectivity index (χ3n) is 3.37. The molecule has 0 bridgehead atoms. The summed E-state index contributed by atoms with van der Waals surface area (Å²) >= 11 is 1.56. The van der Waals surface area contributed by atoms with Crippen LogP contribution in [0.15, 0.2) is 30.3 Å². The van der Waals surface area contributed by atoms with Crippen LogP contribution < -0.4 is 9.47 Å². The van der Waals surface area contributed by atoms with Crippen LogP contribution in [0.2, 0.25) is 0 Å². The molecule has 0 N–H and O–H groups in total. The Kier molecular flexibility index (Phi) is 3.49. The zero-order valence-electron chi connectivity index (χ0n) is 12.4. The van der Waals surface area contributed by atoms with Crippen LogP contribution in [0.4, 0.5) is 0 Å². The van der Waals surface area contributed by atoms with E-state index in [-0.39, 0.29) is 11.2 Å². The Hall–Kier alpha value is -1.81. The molecule has 0 atom stereocenters. The first-order chi connectivity index (χ1) is 9.95. The topological polar surface area (TPSA) is 35.5 Å². The van der Waals surface area contributed by atoms with Crippen molar-refractivity contribution in [3.63, 3.8) is 0 Å².